The SMILES string of the molecule is Cc1cccn2cc(-c3ccc(NC(=O)[C@@H]4CC[C@H](CN)O4)cc3)nc12.Cl.Cl. The molecule has 2 atom stereocenters. The van der Waals surface area contributed by atoms with Crippen LogP contribution in [0.3, 0.4) is 0 Å². The number of carbonyl (C=O) groups is 1. The molecule has 0 saturated carbocycles. The third kappa shape index (κ3) is 4.47. The number of halogens is 2. The Morgan fingerprint density at radius 1 is 1.25 bits per heavy atom. The van der Waals surface area contributed by atoms with Crippen molar-refractivity contribution in [2.24, 2.45) is 5.73 Å². The second kappa shape index (κ2) is 9.39. The Balaban J connectivity index is 0.00000140. The Hall–Kier alpha value is -2.12. The summed E-state index contributed by atoms with van der Waals surface area (Å²) in [5.74, 6) is -0.114. The van der Waals surface area contributed by atoms with E-state index >= 15 is 0 Å². The van der Waals surface area contributed by atoms with Crippen LogP contribution in [0.15, 0.2) is 48.8 Å². The van der Waals surface area contributed by atoms with Gasteiger partial charge in [-0.15, -0.1) is 24.8 Å². The zero-order valence-electron chi connectivity index (χ0n) is 15.5. The Morgan fingerprint density at radius 2 is 2.00 bits per heavy atom. The van der Waals surface area contributed by atoms with E-state index < -0.39 is 6.10 Å². The van der Waals surface area contributed by atoms with E-state index in [9.17, 15) is 4.79 Å². The average Bonchev–Trinajstić information content (AvgIpc) is 3.30. The molecular formula is C20H24Cl2N4O2. The molecule has 1 aliphatic heterocycles. The van der Waals surface area contributed by atoms with Crippen LogP contribution in [0.5, 0.6) is 0 Å². The Labute approximate surface area is 176 Å². The van der Waals surface area contributed by atoms with Crippen LogP contribution in [0.25, 0.3) is 16.9 Å². The second-order valence-corrected chi connectivity index (χ2v) is 6.67. The number of fused-ring (bicyclic) bond motifs is 1. The number of aromatic nitrogens is 2. The van der Waals surface area contributed by atoms with Crippen molar-refractivity contribution in [3.05, 3.63) is 54.4 Å². The third-order valence-electron chi connectivity index (χ3n) is 4.79. The molecule has 28 heavy (non-hydrogen) atoms. The highest BCUT2D eigenvalue weighted by Crippen LogP contribution is 2.24. The monoisotopic (exact) mass is 422 g/mol. The third-order valence-corrected chi connectivity index (χ3v) is 4.79. The van der Waals surface area contributed by atoms with Crippen LogP contribution in [-0.4, -0.2) is 34.0 Å². The maximum Gasteiger partial charge on any atom is 0.253 e. The molecule has 0 aliphatic carbocycles. The first-order chi connectivity index (χ1) is 12.6. The summed E-state index contributed by atoms with van der Waals surface area (Å²) in [5, 5.41) is 2.91. The molecule has 1 fully saturated rings. The molecule has 0 bridgehead atoms. The van der Waals surface area contributed by atoms with Crippen molar-refractivity contribution < 1.29 is 9.53 Å². The van der Waals surface area contributed by atoms with Gasteiger partial charge < -0.3 is 20.2 Å². The van der Waals surface area contributed by atoms with Gasteiger partial charge in [0.2, 0.25) is 0 Å². The molecule has 1 amide bonds. The predicted molar refractivity (Wildman–Crippen MR) is 115 cm³/mol. The molecule has 6 nitrogen and oxygen atoms in total. The zero-order chi connectivity index (χ0) is 18.1. The normalized spacial score (nSPS) is 18.4. The molecule has 2 aromatic heterocycles. The number of rotatable bonds is 4. The number of benzene rings is 1. The number of nitrogens with zero attached hydrogens (tertiary/aromatic N) is 2. The number of amides is 1. The average molecular weight is 423 g/mol. The molecule has 8 heteroatoms. The minimum Gasteiger partial charge on any atom is -0.364 e. The van der Waals surface area contributed by atoms with Gasteiger partial charge in [0.25, 0.3) is 5.91 Å². The summed E-state index contributed by atoms with van der Waals surface area (Å²) in [6, 6.07) is 11.8. The number of hydrogen-bond donors (Lipinski definition) is 2. The number of hydrogen-bond acceptors (Lipinski definition) is 4. The number of imidazole rings is 1. The van der Waals surface area contributed by atoms with Crippen LogP contribution in [0, 0.1) is 6.92 Å². The molecule has 3 aromatic rings. The summed E-state index contributed by atoms with van der Waals surface area (Å²) in [6.07, 6.45) is 5.13. The Bertz CT molecular complexity index is 943. The second-order valence-electron chi connectivity index (χ2n) is 6.67. The molecule has 1 saturated heterocycles. The van der Waals surface area contributed by atoms with Gasteiger partial charge in [0.15, 0.2) is 0 Å². The van der Waals surface area contributed by atoms with Crippen LogP contribution in [0.1, 0.15) is 18.4 Å². The first-order valence-corrected chi connectivity index (χ1v) is 8.85. The van der Waals surface area contributed by atoms with E-state index in [1.165, 1.54) is 0 Å². The molecular weight excluding hydrogens is 399 g/mol. The maximum absolute atomic E-state index is 12.3. The number of nitrogens with two attached hydrogens (primary N) is 1. The van der Waals surface area contributed by atoms with Gasteiger partial charge >= 0.3 is 0 Å². The molecule has 150 valence electrons. The quantitative estimate of drug-likeness (QED) is 0.672. The Kier molecular flexibility index (Phi) is 7.43. The molecule has 3 N–H and O–H groups in total. The number of aryl methyl sites for hydroxylation is 1. The Morgan fingerprint density at radius 3 is 2.64 bits per heavy atom. The lowest BCUT2D eigenvalue weighted by atomic mass is 10.1. The summed E-state index contributed by atoms with van der Waals surface area (Å²) >= 11 is 0. The lowest BCUT2D eigenvalue weighted by Gasteiger charge is -2.12. The highest BCUT2D eigenvalue weighted by atomic mass is 35.5. The van der Waals surface area contributed by atoms with Crippen molar-refractivity contribution in [1.82, 2.24) is 9.38 Å². The standard InChI is InChI=1S/C20H22N4O2.2ClH/c1-13-3-2-10-24-12-17(23-19(13)24)14-4-6-15(7-5-14)22-20(25)18-9-8-16(11-21)26-18;;/h2-7,10,12,16,18H,8-9,11,21H2,1H3,(H,22,25);2*1H/t16-,18+;;/m1../s1. The summed E-state index contributed by atoms with van der Waals surface area (Å²) in [6.45, 7) is 2.50. The summed E-state index contributed by atoms with van der Waals surface area (Å²) in [5.41, 5.74) is 10.3. The highest BCUT2D eigenvalue weighted by molar-refractivity contribution is 5.94. The minimum absolute atomic E-state index is 0. The van der Waals surface area contributed by atoms with E-state index in [0.29, 0.717) is 13.0 Å². The topological polar surface area (TPSA) is 81.7 Å². The summed E-state index contributed by atoms with van der Waals surface area (Å²) < 4.78 is 7.65. The molecule has 0 spiro atoms. The van der Waals surface area contributed by atoms with Gasteiger partial charge in [-0.05, 0) is 43.5 Å². The zero-order valence-corrected chi connectivity index (χ0v) is 17.1. The lowest BCUT2D eigenvalue weighted by Crippen LogP contribution is -2.29. The fraction of sp³-hybridized carbons (Fsp3) is 0.300. The van der Waals surface area contributed by atoms with E-state index in [-0.39, 0.29) is 36.8 Å². The van der Waals surface area contributed by atoms with E-state index in [0.717, 1.165) is 34.6 Å². The van der Waals surface area contributed by atoms with Gasteiger partial charge in [0, 0.05) is 30.2 Å². The van der Waals surface area contributed by atoms with Crippen molar-refractivity contribution in [2.45, 2.75) is 32.0 Å². The van der Waals surface area contributed by atoms with E-state index in [2.05, 4.69) is 5.32 Å². The van der Waals surface area contributed by atoms with E-state index in [4.69, 9.17) is 15.5 Å². The van der Waals surface area contributed by atoms with Crippen molar-refractivity contribution in [3.63, 3.8) is 0 Å². The van der Waals surface area contributed by atoms with Crippen LogP contribution in [0.2, 0.25) is 0 Å². The van der Waals surface area contributed by atoms with Gasteiger partial charge in [-0.25, -0.2) is 4.98 Å². The maximum atomic E-state index is 12.3. The predicted octanol–water partition coefficient (Wildman–Crippen LogP) is 3.60. The number of pyridine rings is 1. The van der Waals surface area contributed by atoms with Gasteiger partial charge in [-0.1, -0.05) is 18.2 Å². The largest absolute Gasteiger partial charge is 0.364 e. The van der Waals surface area contributed by atoms with Crippen LogP contribution >= 0.6 is 24.8 Å². The first kappa shape index (κ1) is 22.2. The van der Waals surface area contributed by atoms with Crippen molar-refractivity contribution in [3.8, 4) is 11.3 Å². The summed E-state index contributed by atoms with van der Waals surface area (Å²) in [4.78, 5) is 17.0. The fourth-order valence-electron chi connectivity index (χ4n) is 3.31. The number of ether oxygens (including phenoxy) is 1. The molecule has 4 rings (SSSR count). The van der Waals surface area contributed by atoms with E-state index in [1.807, 2.05) is 60.1 Å². The fourth-order valence-corrected chi connectivity index (χ4v) is 3.31. The number of nitrogens with one attached hydrogen (secondary N) is 1. The first-order valence-electron chi connectivity index (χ1n) is 8.85. The lowest BCUT2D eigenvalue weighted by molar-refractivity contribution is -0.126. The molecule has 1 aromatic carbocycles. The van der Waals surface area contributed by atoms with Gasteiger partial charge in [0.1, 0.15) is 11.8 Å². The summed E-state index contributed by atoms with van der Waals surface area (Å²) in [7, 11) is 0. The number of carbonyl (C=O) groups excluding carboxylic acids is 1. The van der Waals surface area contributed by atoms with Crippen molar-refractivity contribution in [1.29, 1.82) is 0 Å². The highest BCUT2D eigenvalue weighted by Gasteiger charge is 2.29. The van der Waals surface area contributed by atoms with Gasteiger partial charge in [-0.3, -0.25) is 4.79 Å². The van der Waals surface area contributed by atoms with Crippen LogP contribution in [0.4, 0.5) is 5.69 Å². The molecule has 0 unspecified atom stereocenters. The smallest absolute Gasteiger partial charge is 0.253 e. The molecule has 3 heterocycles. The molecule has 1 aliphatic rings. The molecule has 0 radical (unpaired) electrons. The van der Waals surface area contributed by atoms with Crippen molar-refractivity contribution in [2.75, 3.05) is 11.9 Å². The van der Waals surface area contributed by atoms with E-state index in [1.54, 1.807) is 0 Å². The van der Waals surface area contributed by atoms with Gasteiger partial charge in [0.05, 0.1) is 11.8 Å². The minimum atomic E-state index is -0.412. The van der Waals surface area contributed by atoms with Crippen LogP contribution < -0.4 is 11.1 Å². The van der Waals surface area contributed by atoms with Gasteiger partial charge in [-0.2, -0.15) is 0 Å². The number of anilines is 1. The van der Waals surface area contributed by atoms with Crippen molar-refractivity contribution >= 4 is 42.1 Å². The van der Waals surface area contributed by atoms with Crippen LogP contribution in [-0.2, 0) is 9.53 Å².